The predicted octanol–water partition coefficient (Wildman–Crippen LogP) is -0.152. The van der Waals surface area contributed by atoms with E-state index >= 15 is 0 Å². The van der Waals surface area contributed by atoms with Gasteiger partial charge in [0, 0.05) is 12.3 Å². The van der Waals surface area contributed by atoms with E-state index in [0.29, 0.717) is 0 Å². The van der Waals surface area contributed by atoms with Crippen LogP contribution in [0.1, 0.15) is 6.42 Å². The molecular weight excluding hydrogens is 182 g/mol. The van der Waals surface area contributed by atoms with E-state index in [2.05, 4.69) is 9.18 Å². The number of nitrogens with zero attached hydrogens (tertiary/aromatic N) is 1. The Morgan fingerprint density at radius 1 is 1.58 bits per heavy atom. The van der Waals surface area contributed by atoms with Crippen LogP contribution in [0.5, 0.6) is 0 Å². The maximum absolute atomic E-state index is 10.7. The van der Waals surface area contributed by atoms with Gasteiger partial charge in [-0.25, -0.2) is 4.99 Å². The van der Waals surface area contributed by atoms with E-state index in [1.807, 2.05) is 0 Å². The summed E-state index contributed by atoms with van der Waals surface area (Å²) in [6.45, 7) is 0. The molecule has 1 aliphatic heterocycles. The van der Waals surface area contributed by atoms with Gasteiger partial charge in [-0.05, 0) is 0 Å². The van der Waals surface area contributed by atoms with E-state index in [0.717, 1.165) is 6.26 Å². The zero-order valence-corrected chi connectivity index (χ0v) is 7.17. The molecule has 0 aromatic heterocycles. The van der Waals surface area contributed by atoms with E-state index in [9.17, 15) is 13.2 Å². The highest BCUT2D eigenvalue weighted by Gasteiger charge is 2.14. The molecule has 0 fully saturated rings. The summed E-state index contributed by atoms with van der Waals surface area (Å²) in [5.74, 6) is -0.298. The summed E-state index contributed by atoms with van der Waals surface area (Å²) < 4.78 is 25.5. The van der Waals surface area contributed by atoms with Crippen molar-refractivity contribution in [3.8, 4) is 0 Å². The predicted molar refractivity (Wildman–Crippen MR) is 42.1 cm³/mol. The van der Waals surface area contributed by atoms with Crippen molar-refractivity contribution in [2.45, 2.75) is 6.42 Å². The maximum atomic E-state index is 10.7. The minimum Gasteiger partial charge on any atom is -0.366 e. The molecule has 0 unspecified atom stereocenters. The van der Waals surface area contributed by atoms with Crippen LogP contribution < -0.4 is 0 Å². The molecular formula is C6H7NO4S. The van der Waals surface area contributed by atoms with E-state index in [1.54, 1.807) is 0 Å². The molecule has 0 aromatic carbocycles. The Hall–Kier alpha value is -1.17. The molecule has 5 nitrogen and oxygen atoms in total. The molecule has 0 aliphatic carbocycles. The van der Waals surface area contributed by atoms with Crippen molar-refractivity contribution >= 4 is 21.8 Å². The number of carbonyl (C=O) groups is 1. The molecule has 0 aromatic rings. The third kappa shape index (κ3) is 2.83. The van der Waals surface area contributed by atoms with Gasteiger partial charge in [-0.15, -0.1) is 0 Å². The molecule has 0 spiro atoms. The second-order valence-corrected chi connectivity index (χ2v) is 3.84. The molecule has 0 atom stereocenters. The Balaban J connectivity index is 2.73. The molecule has 1 aliphatic rings. The summed E-state index contributed by atoms with van der Waals surface area (Å²) in [6.07, 6.45) is 3.28. The number of ketones is 1. The van der Waals surface area contributed by atoms with Crippen LogP contribution >= 0.6 is 0 Å². The summed E-state index contributed by atoms with van der Waals surface area (Å²) >= 11 is 0. The largest absolute Gasteiger partial charge is 0.366 e. The quantitative estimate of drug-likeness (QED) is 0.537. The summed E-state index contributed by atoms with van der Waals surface area (Å²) in [4.78, 5) is 14.3. The van der Waals surface area contributed by atoms with Gasteiger partial charge in [-0.3, -0.25) is 4.79 Å². The van der Waals surface area contributed by atoms with Crippen molar-refractivity contribution in [3.63, 3.8) is 0 Å². The van der Waals surface area contributed by atoms with Crippen LogP contribution in [0.4, 0.5) is 0 Å². The standard InChI is InChI=1S/C6H7NO4S/c1-12(9,10)11-6-4-5(8)2-3-7-6/h2-3H,4H2,1H3. The normalized spacial score (nSPS) is 17.4. The molecule has 1 rings (SSSR count). The van der Waals surface area contributed by atoms with Crippen LogP contribution in [-0.4, -0.2) is 26.4 Å². The topological polar surface area (TPSA) is 72.8 Å². The lowest BCUT2D eigenvalue weighted by atomic mass is 10.2. The van der Waals surface area contributed by atoms with Gasteiger partial charge in [0.25, 0.3) is 0 Å². The lowest BCUT2D eigenvalue weighted by Gasteiger charge is -2.05. The Labute approximate surface area is 69.9 Å². The highest BCUT2D eigenvalue weighted by Crippen LogP contribution is 2.03. The van der Waals surface area contributed by atoms with Crippen molar-refractivity contribution in [2.24, 2.45) is 4.99 Å². The molecule has 12 heavy (non-hydrogen) atoms. The molecule has 0 N–H and O–H groups in total. The molecule has 0 saturated heterocycles. The molecule has 1 heterocycles. The average Bonchev–Trinajstić information content (AvgIpc) is 1.82. The van der Waals surface area contributed by atoms with Crippen molar-refractivity contribution in [3.05, 3.63) is 12.3 Å². The van der Waals surface area contributed by atoms with Gasteiger partial charge >= 0.3 is 10.1 Å². The number of rotatable bonds is 1. The van der Waals surface area contributed by atoms with Gasteiger partial charge in [0.15, 0.2) is 5.78 Å². The smallest absolute Gasteiger partial charge is 0.307 e. The van der Waals surface area contributed by atoms with Crippen LogP contribution in [0.15, 0.2) is 17.3 Å². The van der Waals surface area contributed by atoms with E-state index in [-0.39, 0.29) is 18.1 Å². The van der Waals surface area contributed by atoms with Gasteiger partial charge in [-0.1, -0.05) is 0 Å². The molecule has 6 heteroatoms. The van der Waals surface area contributed by atoms with Crippen molar-refractivity contribution in [1.82, 2.24) is 0 Å². The van der Waals surface area contributed by atoms with Crippen LogP contribution in [0.3, 0.4) is 0 Å². The first kappa shape index (κ1) is 8.92. The lowest BCUT2D eigenvalue weighted by Crippen LogP contribution is -2.16. The Kier molecular flexibility index (Phi) is 2.27. The Morgan fingerprint density at radius 2 is 2.25 bits per heavy atom. The Bertz CT molecular complexity index is 352. The zero-order chi connectivity index (χ0) is 9.19. The molecule has 0 bridgehead atoms. The SMILES string of the molecule is CS(=O)(=O)OC1=NC=CC(=O)C1. The minimum atomic E-state index is -3.56. The average molecular weight is 189 g/mol. The summed E-state index contributed by atoms with van der Waals surface area (Å²) in [5.41, 5.74) is 0. The zero-order valence-electron chi connectivity index (χ0n) is 6.35. The van der Waals surface area contributed by atoms with Crippen LogP contribution in [0, 0.1) is 0 Å². The van der Waals surface area contributed by atoms with Gasteiger partial charge in [-0.2, -0.15) is 8.42 Å². The summed E-state index contributed by atoms with van der Waals surface area (Å²) in [6, 6.07) is 0. The highest BCUT2D eigenvalue weighted by atomic mass is 32.2. The van der Waals surface area contributed by atoms with Gasteiger partial charge in [0.05, 0.1) is 12.7 Å². The van der Waals surface area contributed by atoms with E-state index in [4.69, 9.17) is 0 Å². The number of allylic oxidation sites excluding steroid dienone is 1. The number of hydrogen-bond donors (Lipinski definition) is 0. The fourth-order valence-corrected chi connectivity index (χ4v) is 1.13. The number of carbonyl (C=O) groups excluding carboxylic acids is 1. The second kappa shape index (κ2) is 3.06. The monoisotopic (exact) mass is 189 g/mol. The van der Waals surface area contributed by atoms with E-state index in [1.165, 1.54) is 12.3 Å². The molecule has 66 valence electrons. The van der Waals surface area contributed by atoms with Gasteiger partial charge in [0.1, 0.15) is 0 Å². The van der Waals surface area contributed by atoms with Crippen molar-refractivity contribution in [2.75, 3.05) is 6.26 Å². The first-order valence-electron chi connectivity index (χ1n) is 3.13. The lowest BCUT2D eigenvalue weighted by molar-refractivity contribution is -0.113. The maximum Gasteiger partial charge on any atom is 0.307 e. The Morgan fingerprint density at radius 3 is 2.75 bits per heavy atom. The van der Waals surface area contributed by atoms with Crippen LogP contribution in [0.2, 0.25) is 0 Å². The van der Waals surface area contributed by atoms with Crippen molar-refractivity contribution in [1.29, 1.82) is 0 Å². The van der Waals surface area contributed by atoms with Crippen LogP contribution in [0.25, 0.3) is 0 Å². The highest BCUT2D eigenvalue weighted by molar-refractivity contribution is 7.86. The van der Waals surface area contributed by atoms with Crippen molar-refractivity contribution < 1.29 is 17.4 Å². The first-order chi connectivity index (χ1) is 5.47. The first-order valence-corrected chi connectivity index (χ1v) is 4.94. The summed E-state index contributed by atoms with van der Waals surface area (Å²) in [7, 11) is -3.56. The molecule has 0 radical (unpaired) electrons. The number of hydrogen-bond acceptors (Lipinski definition) is 5. The van der Waals surface area contributed by atoms with Crippen LogP contribution in [-0.2, 0) is 19.1 Å². The summed E-state index contributed by atoms with van der Waals surface area (Å²) in [5, 5.41) is 0. The fourth-order valence-electron chi connectivity index (χ4n) is 0.683. The van der Waals surface area contributed by atoms with E-state index < -0.39 is 10.1 Å². The third-order valence-electron chi connectivity index (χ3n) is 1.05. The second-order valence-electron chi connectivity index (χ2n) is 2.27. The van der Waals surface area contributed by atoms with Gasteiger partial charge in [0.2, 0.25) is 5.90 Å². The minimum absolute atomic E-state index is 0.0787. The van der Waals surface area contributed by atoms with Gasteiger partial charge < -0.3 is 4.18 Å². The molecule has 0 amide bonds. The molecule has 0 saturated carbocycles. The fraction of sp³-hybridized carbons (Fsp3) is 0.333. The number of aliphatic imine (C=N–C) groups is 1. The third-order valence-corrected chi connectivity index (χ3v) is 1.55.